The summed E-state index contributed by atoms with van der Waals surface area (Å²) in [4.78, 5) is 10.1. The van der Waals surface area contributed by atoms with Gasteiger partial charge in [-0.3, -0.25) is 9.89 Å². The van der Waals surface area contributed by atoms with E-state index in [4.69, 9.17) is 9.73 Å². The van der Waals surface area contributed by atoms with Crippen LogP contribution in [0.5, 0.6) is 5.75 Å². The second-order valence-corrected chi connectivity index (χ2v) is 8.18. The quantitative estimate of drug-likeness (QED) is 0.492. The zero-order valence-corrected chi connectivity index (χ0v) is 18.5. The molecular formula is C23H39N5O. The number of guanidine groups is 1. The predicted molar refractivity (Wildman–Crippen MR) is 121 cm³/mol. The first-order valence-electron chi connectivity index (χ1n) is 11.4. The third-order valence-electron chi connectivity index (χ3n) is 6.22. The Morgan fingerprint density at radius 3 is 2.52 bits per heavy atom. The molecule has 6 heteroatoms. The van der Waals surface area contributed by atoms with Crippen LogP contribution >= 0.6 is 0 Å². The topological polar surface area (TPSA) is 52.1 Å². The average molecular weight is 402 g/mol. The van der Waals surface area contributed by atoms with Crippen molar-refractivity contribution >= 4 is 5.96 Å². The van der Waals surface area contributed by atoms with Crippen LogP contribution in [0.25, 0.3) is 0 Å². The Balaban J connectivity index is 1.64. The number of likely N-dealkylation sites (tertiary alicyclic amines) is 2. The van der Waals surface area contributed by atoms with Gasteiger partial charge in [0, 0.05) is 19.6 Å². The summed E-state index contributed by atoms with van der Waals surface area (Å²) in [5.41, 5.74) is 1.32. The Bertz CT molecular complexity index is 627. The maximum atomic E-state index is 5.34. The van der Waals surface area contributed by atoms with Crippen molar-refractivity contribution in [3.8, 4) is 5.75 Å². The van der Waals surface area contributed by atoms with Gasteiger partial charge in [0.25, 0.3) is 0 Å². The highest BCUT2D eigenvalue weighted by molar-refractivity contribution is 5.79. The van der Waals surface area contributed by atoms with E-state index in [-0.39, 0.29) is 0 Å². The maximum Gasteiger partial charge on any atom is 0.191 e. The molecule has 162 valence electrons. The Labute approximate surface area is 176 Å². The van der Waals surface area contributed by atoms with Gasteiger partial charge >= 0.3 is 0 Å². The Hall–Kier alpha value is -1.79. The molecule has 2 atom stereocenters. The second kappa shape index (κ2) is 11.4. The number of nitrogens with zero attached hydrogens (tertiary/aromatic N) is 3. The van der Waals surface area contributed by atoms with Gasteiger partial charge in [-0.25, -0.2) is 0 Å². The standard InChI is InChI=1S/C23H39N5O/c1-4-24-23(25-16-19-12-15-27(5-2)18-19)26-17-22(28-13-6-7-14-28)20-8-10-21(29-3)11-9-20/h8-11,19,22H,4-7,12-18H2,1-3H3,(H2,24,25,26). The van der Waals surface area contributed by atoms with E-state index in [9.17, 15) is 0 Å². The molecule has 2 heterocycles. The van der Waals surface area contributed by atoms with Crippen LogP contribution in [0.2, 0.25) is 0 Å². The third-order valence-corrected chi connectivity index (χ3v) is 6.22. The first kappa shape index (κ1) is 21.9. The summed E-state index contributed by atoms with van der Waals surface area (Å²) < 4.78 is 5.34. The van der Waals surface area contributed by atoms with Crippen LogP contribution in [-0.2, 0) is 0 Å². The summed E-state index contributed by atoms with van der Waals surface area (Å²) in [6.45, 7) is 12.9. The van der Waals surface area contributed by atoms with Crippen LogP contribution < -0.4 is 15.4 Å². The largest absolute Gasteiger partial charge is 0.497 e. The monoisotopic (exact) mass is 401 g/mol. The molecule has 2 fully saturated rings. The maximum absolute atomic E-state index is 5.34. The van der Waals surface area contributed by atoms with Crippen molar-refractivity contribution in [2.24, 2.45) is 10.9 Å². The molecular weight excluding hydrogens is 362 g/mol. The lowest BCUT2D eigenvalue weighted by Gasteiger charge is -2.27. The van der Waals surface area contributed by atoms with Gasteiger partial charge in [-0.2, -0.15) is 0 Å². The number of rotatable bonds is 9. The highest BCUT2D eigenvalue weighted by atomic mass is 16.5. The van der Waals surface area contributed by atoms with E-state index in [0.717, 1.165) is 56.9 Å². The molecule has 2 saturated heterocycles. The van der Waals surface area contributed by atoms with Crippen molar-refractivity contribution in [3.63, 3.8) is 0 Å². The fourth-order valence-electron chi connectivity index (χ4n) is 4.44. The smallest absolute Gasteiger partial charge is 0.191 e. The van der Waals surface area contributed by atoms with Gasteiger partial charge in [0.05, 0.1) is 19.7 Å². The highest BCUT2D eigenvalue weighted by Crippen LogP contribution is 2.27. The number of hydrogen-bond donors (Lipinski definition) is 2. The fourth-order valence-corrected chi connectivity index (χ4v) is 4.44. The van der Waals surface area contributed by atoms with Crippen LogP contribution in [0.1, 0.15) is 44.7 Å². The van der Waals surface area contributed by atoms with E-state index in [1.54, 1.807) is 7.11 Å². The lowest BCUT2D eigenvalue weighted by molar-refractivity contribution is 0.251. The summed E-state index contributed by atoms with van der Waals surface area (Å²) in [5.74, 6) is 2.57. The van der Waals surface area contributed by atoms with Gasteiger partial charge in [-0.15, -0.1) is 0 Å². The average Bonchev–Trinajstić information content (AvgIpc) is 3.44. The molecule has 2 N–H and O–H groups in total. The van der Waals surface area contributed by atoms with Crippen LogP contribution in [0.3, 0.4) is 0 Å². The first-order chi connectivity index (χ1) is 14.2. The molecule has 0 spiro atoms. The molecule has 2 aliphatic heterocycles. The molecule has 3 rings (SSSR count). The normalized spacial score (nSPS) is 22.0. The summed E-state index contributed by atoms with van der Waals surface area (Å²) >= 11 is 0. The van der Waals surface area contributed by atoms with Crippen molar-refractivity contribution in [1.82, 2.24) is 20.4 Å². The van der Waals surface area contributed by atoms with E-state index in [1.807, 2.05) is 0 Å². The van der Waals surface area contributed by atoms with Gasteiger partial charge in [0.2, 0.25) is 0 Å². The number of aliphatic imine (C=N–C) groups is 1. The lowest BCUT2D eigenvalue weighted by atomic mass is 10.1. The van der Waals surface area contributed by atoms with Gasteiger partial charge in [0.15, 0.2) is 5.96 Å². The van der Waals surface area contributed by atoms with Crippen molar-refractivity contribution in [2.45, 2.75) is 39.2 Å². The number of methoxy groups -OCH3 is 1. The molecule has 0 aliphatic carbocycles. The second-order valence-electron chi connectivity index (χ2n) is 8.18. The molecule has 0 amide bonds. The van der Waals surface area contributed by atoms with Gasteiger partial charge in [-0.1, -0.05) is 19.1 Å². The highest BCUT2D eigenvalue weighted by Gasteiger charge is 2.24. The minimum absolute atomic E-state index is 0.320. The molecule has 0 aromatic heterocycles. The number of hydrogen-bond acceptors (Lipinski definition) is 4. The molecule has 6 nitrogen and oxygen atoms in total. The van der Waals surface area contributed by atoms with Gasteiger partial charge in [0.1, 0.15) is 5.75 Å². The van der Waals surface area contributed by atoms with Crippen molar-refractivity contribution in [2.75, 3.05) is 59.5 Å². The van der Waals surface area contributed by atoms with E-state index in [2.05, 4.69) is 58.5 Å². The SMILES string of the molecule is CCNC(=NCC(c1ccc(OC)cc1)N1CCCC1)NCC1CCN(CC)C1. The molecule has 0 saturated carbocycles. The summed E-state index contributed by atoms with van der Waals surface area (Å²) in [6.07, 6.45) is 3.84. The fraction of sp³-hybridized carbons (Fsp3) is 0.696. The molecule has 2 aliphatic rings. The molecule has 2 unspecified atom stereocenters. The summed E-state index contributed by atoms with van der Waals surface area (Å²) in [5, 5.41) is 7.03. The summed E-state index contributed by atoms with van der Waals surface area (Å²) in [7, 11) is 1.72. The van der Waals surface area contributed by atoms with Crippen molar-refractivity contribution < 1.29 is 4.74 Å². The number of ether oxygens (including phenoxy) is 1. The van der Waals surface area contributed by atoms with Crippen molar-refractivity contribution in [1.29, 1.82) is 0 Å². The summed E-state index contributed by atoms with van der Waals surface area (Å²) in [6, 6.07) is 8.82. The van der Waals surface area contributed by atoms with E-state index in [0.29, 0.717) is 6.04 Å². The predicted octanol–water partition coefficient (Wildman–Crippen LogP) is 2.73. The molecule has 0 bridgehead atoms. The van der Waals surface area contributed by atoms with Crippen LogP contribution in [0.15, 0.2) is 29.3 Å². The first-order valence-corrected chi connectivity index (χ1v) is 11.4. The van der Waals surface area contributed by atoms with Gasteiger partial charge < -0.3 is 20.3 Å². The third kappa shape index (κ3) is 6.34. The number of nitrogens with one attached hydrogen (secondary N) is 2. The Morgan fingerprint density at radius 2 is 1.90 bits per heavy atom. The van der Waals surface area contributed by atoms with E-state index < -0.39 is 0 Å². The van der Waals surface area contributed by atoms with Crippen LogP contribution in [-0.4, -0.2) is 75.2 Å². The Kier molecular flexibility index (Phi) is 8.62. The molecule has 1 aromatic carbocycles. The Morgan fingerprint density at radius 1 is 1.14 bits per heavy atom. The molecule has 0 radical (unpaired) electrons. The zero-order chi connectivity index (χ0) is 20.5. The lowest BCUT2D eigenvalue weighted by Crippen LogP contribution is -2.41. The van der Waals surface area contributed by atoms with Crippen LogP contribution in [0.4, 0.5) is 0 Å². The molecule has 29 heavy (non-hydrogen) atoms. The minimum Gasteiger partial charge on any atom is -0.497 e. The van der Waals surface area contributed by atoms with Crippen molar-refractivity contribution in [3.05, 3.63) is 29.8 Å². The van der Waals surface area contributed by atoms with E-state index >= 15 is 0 Å². The zero-order valence-electron chi connectivity index (χ0n) is 18.5. The van der Waals surface area contributed by atoms with E-state index in [1.165, 1.54) is 37.9 Å². The van der Waals surface area contributed by atoms with Gasteiger partial charge in [-0.05, 0) is 76.0 Å². The number of benzene rings is 1. The van der Waals surface area contributed by atoms with Crippen LogP contribution in [0, 0.1) is 5.92 Å². The molecule has 1 aromatic rings. The minimum atomic E-state index is 0.320.